The van der Waals surface area contributed by atoms with Gasteiger partial charge in [-0.25, -0.2) is 8.42 Å². The second-order valence-electron chi connectivity index (χ2n) is 6.11. The van der Waals surface area contributed by atoms with Gasteiger partial charge in [-0.3, -0.25) is 4.79 Å². The topological polar surface area (TPSA) is 66.5 Å². The molecule has 0 aromatic heterocycles. The van der Waals surface area contributed by atoms with Crippen LogP contribution < -0.4 is 5.32 Å². The summed E-state index contributed by atoms with van der Waals surface area (Å²) in [6.07, 6.45) is 2.64. The number of carbonyl (C=O) groups excluding carboxylic acids is 1. The SMILES string of the molecule is CN([C@@H](C(=O)NCCCc1ccc(Cl)cc1)c1ccccc1)S(C)(=O)=O. The number of likely N-dealkylation sites (N-methyl/N-ethyl adjacent to an activating group) is 1. The van der Waals surface area contributed by atoms with E-state index in [4.69, 9.17) is 11.6 Å². The van der Waals surface area contributed by atoms with Gasteiger partial charge in [0.25, 0.3) is 0 Å². The van der Waals surface area contributed by atoms with Crippen LogP contribution in [0.4, 0.5) is 0 Å². The molecule has 1 amide bonds. The second-order valence-corrected chi connectivity index (χ2v) is 8.59. The zero-order valence-corrected chi connectivity index (χ0v) is 16.4. The Hall–Kier alpha value is -1.89. The minimum absolute atomic E-state index is 0.333. The number of rotatable bonds is 8. The lowest BCUT2D eigenvalue weighted by Crippen LogP contribution is -2.41. The van der Waals surface area contributed by atoms with Crippen molar-refractivity contribution < 1.29 is 13.2 Å². The van der Waals surface area contributed by atoms with E-state index in [-0.39, 0.29) is 5.91 Å². The summed E-state index contributed by atoms with van der Waals surface area (Å²) in [7, 11) is -2.10. The molecule has 0 saturated heterocycles. The summed E-state index contributed by atoms with van der Waals surface area (Å²) < 4.78 is 25.0. The molecular formula is C19H23ClN2O3S. The minimum atomic E-state index is -3.51. The van der Waals surface area contributed by atoms with Crippen LogP contribution in [-0.2, 0) is 21.2 Å². The molecule has 0 heterocycles. The fraction of sp³-hybridized carbons (Fsp3) is 0.316. The zero-order valence-electron chi connectivity index (χ0n) is 14.9. The molecule has 0 saturated carbocycles. The van der Waals surface area contributed by atoms with Crippen molar-refractivity contribution in [2.75, 3.05) is 19.8 Å². The Balaban J connectivity index is 1.99. The average Bonchev–Trinajstić information content (AvgIpc) is 2.60. The molecular weight excluding hydrogens is 372 g/mol. The van der Waals surface area contributed by atoms with Gasteiger partial charge in [0.1, 0.15) is 6.04 Å². The summed E-state index contributed by atoms with van der Waals surface area (Å²) in [5.41, 5.74) is 1.77. The van der Waals surface area contributed by atoms with Gasteiger partial charge in [-0.2, -0.15) is 4.31 Å². The zero-order chi connectivity index (χ0) is 19.2. The van der Waals surface area contributed by atoms with E-state index in [2.05, 4.69) is 5.32 Å². The van der Waals surface area contributed by atoms with E-state index in [0.717, 1.165) is 29.0 Å². The predicted octanol–water partition coefficient (Wildman–Crippen LogP) is 3.02. The lowest BCUT2D eigenvalue weighted by atomic mass is 10.1. The first-order valence-corrected chi connectivity index (χ1v) is 10.5. The first-order chi connectivity index (χ1) is 12.3. The van der Waals surface area contributed by atoms with Crippen LogP contribution in [0.15, 0.2) is 54.6 Å². The van der Waals surface area contributed by atoms with Crippen molar-refractivity contribution in [1.29, 1.82) is 0 Å². The first kappa shape index (κ1) is 20.4. The predicted molar refractivity (Wildman–Crippen MR) is 105 cm³/mol. The molecule has 0 spiro atoms. The van der Waals surface area contributed by atoms with Gasteiger partial charge < -0.3 is 5.32 Å². The van der Waals surface area contributed by atoms with Crippen molar-refractivity contribution in [1.82, 2.24) is 9.62 Å². The van der Waals surface area contributed by atoms with E-state index >= 15 is 0 Å². The first-order valence-electron chi connectivity index (χ1n) is 8.29. The highest BCUT2D eigenvalue weighted by molar-refractivity contribution is 7.88. The standard InChI is InChI=1S/C19H23ClN2O3S/c1-22(26(2,24)25)18(16-8-4-3-5-9-16)19(23)21-14-6-7-15-10-12-17(20)13-11-15/h3-5,8-13,18H,6-7,14H2,1-2H3,(H,21,23)/t18-/m1/s1. The monoisotopic (exact) mass is 394 g/mol. The Bertz CT molecular complexity index is 824. The van der Waals surface area contributed by atoms with Crippen LogP contribution in [0.2, 0.25) is 5.02 Å². The summed E-state index contributed by atoms with van der Waals surface area (Å²) in [6, 6.07) is 15.6. The Morgan fingerprint density at radius 3 is 2.31 bits per heavy atom. The molecule has 2 rings (SSSR count). The van der Waals surface area contributed by atoms with E-state index in [1.54, 1.807) is 24.3 Å². The van der Waals surface area contributed by atoms with Crippen LogP contribution >= 0.6 is 11.6 Å². The van der Waals surface area contributed by atoms with Crippen molar-refractivity contribution in [3.63, 3.8) is 0 Å². The number of nitrogens with zero attached hydrogens (tertiary/aromatic N) is 1. The van der Waals surface area contributed by atoms with E-state index < -0.39 is 16.1 Å². The highest BCUT2D eigenvalue weighted by atomic mass is 35.5. The normalized spacial score (nSPS) is 12.8. The van der Waals surface area contributed by atoms with Crippen LogP contribution in [-0.4, -0.2) is 38.5 Å². The molecule has 5 nitrogen and oxygen atoms in total. The molecule has 2 aromatic carbocycles. The number of hydrogen-bond donors (Lipinski definition) is 1. The summed E-state index contributed by atoms with van der Waals surface area (Å²) in [5.74, 6) is -0.333. The maximum Gasteiger partial charge on any atom is 0.242 e. The molecule has 7 heteroatoms. The number of amides is 1. The maximum absolute atomic E-state index is 12.7. The number of nitrogens with one attached hydrogen (secondary N) is 1. The van der Waals surface area contributed by atoms with Crippen molar-refractivity contribution in [3.8, 4) is 0 Å². The fourth-order valence-corrected chi connectivity index (χ4v) is 3.33. The minimum Gasteiger partial charge on any atom is -0.354 e. The number of benzene rings is 2. The molecule has 0 bridgehead atoms. The largest absolute Gasteiger partial charge is 0.354 e. The lowest BCUT2D eigenvalue weighted by Gasteiger charge is -2.25. The van der Waals surface area contributed by atoms with Crippen molar-refractivity contribution in [2.24, 2.45) is 0 Å². The Morgan fingerprint density at radius 2 is 1.73 bits per heavy atom. The molecule has 2 aromatic rings. The lowest BCUT2D eigenvalue weighted by molar-refractivity contribution is -0.124. The molecule has 0 unspecified atom stereocenters. The fourth-order valence-electron chi connectivity index (χ4n) is 2.61. The summed E-state index contributed by atoms with van der Waals surface area (Å²) in [4.78, 5) is 12.7. The quantitative estimate of drug-likeness (QED) is 0.700. The molecule has 0 fully saturated rings. The number of aryl methyl sites for hydroxylation is 1. The Kier molecular flexibility index (Phi) is 7.20. The third-order valence-electron chi connectivity index (χ3n) is 4.11. The molecule has 0 radical (unpaired) electrons. The highest BCUT2D eigenvalue weighted by Crippen LogP contribution is 2.22. The van der Waals surface area contributed by atoms with Gasteiger partial charge >= 0.3 is 0 Å². The van der Waals surface area contributed by atoms with Gasteiger partial charge in [0.2, 0.25) is 15.9 Å². The third-order valence-corrected chi connectivity index (χ3v) is 5.61. The number of hydrogen-bond acceptors (Lipinski definition) is 3. The summed E-state index contributed by atoms with van der Waals surface area (Å²) in [6.45, 7) is 0.461. The molecule has 1 N–H and O–H groups in total. The summed E-state index contributed by atoms with van der Waals surface area (Å²) >= 11 is 5.86. The number of sulfonamides is 1. The molecule has 140 valence electrons. The van der Waals surface area contributed by atoms with Gasteiger partial charge in [0.15, 0.2) is 0 Å². The number of carbonyl (C=O) groups is 1. The van der Waals surface area contributed by atoms with Gasteiger partial charge in [0.05, 0.1) is 6.26 Å². The van der Waals surface area contributed by atoms with E-state index in [0.29, 0.717) is 17.1 Å². The van der Waals surface area contributed by atoms with Crippen LogP contribution in [0.25, 0.3) is 0 Å². The van der Waals surface area contributed by atoms with Gasteiger partial charge in [0, 0.05) is 18.6 Å². The molecule has 0 aliphatic carbocycles. The molecule has 0 aliphatic heterocycles. The number of halogens is 1. The van der Waals surface area contributed by atoms with Gasteiger partial charge in [-0.15, -0.1) is 0 Å². The molecule has 1 atom stereocenters. The van der Waals surface area contributed by atoms with Gasteiger partial charge in [-0.1, -0.05) is 54.1 Å². The van der Waals surface area contributed by atoms with Gasteiger partial charge in [-0.05, 0) is 36.1 Å². The summed E-state index contributed by atoms with van der Waals surface area (Å²) in [5, 5.41) is 3.54. The van der Waals surface area contributed by atoms with E-state index in [1.165, 1.54) is 7.05 Å². The average molecular weight is 395 g/mol. The molecule has 26 heavy (non-hydrogen) atoms. The third kappa shape index (κ3) is 5.83. The van der Waals surface area contributed by atoms with Crippen molar-refractivity contribution in [2.45, 2.75) is 18.9 Å². The van der Waals surface area contributed by atoms with Crippen LogP contribution in [0.3, 0.4) is 0 Å². The Morgan fingerprint density at radius 1 is 1.12 bits per heavy atom. The highest BCUT2D eigenvalue weighted by Gasteiger charge is 2.30. The van der Waals surface area contributed by atoms with Crippen LogP contribution in [0.5, 0.6) is 0 Å². The molecule has 0 aliphatic rings. The van der Waals surface area contributed by atoms with Crippen LogP contribution in [0, 0.1) is 0 Å². The second kappa shape index (κ2) is 9.16. The van der Waals surface area contributed by atoms with Crippen molar-refractivity contribution >= 4 is 27.5 Å². The smallest absolute Gasteiger partial charge is 0.242 e. The van der Waals surface area contributed by atoms with Crippen molar-refractivity contribution in [3.05, 3.63) is 70.7 Å². The Labute approximate surface area is 160 Å². The van der Waals surface area contributed by atoms with Crippen LogP contribution in [0.1, 0.15) is 23.6 Å². The maximum atomic E-state index is 12.7. The van der Waals surface area contributed by atoms with E-state index in [1.807, 2.05) is 30.3 Å². The van der Waals surface area contributed by atoms with E-state index in [9.17, 15) is 13.2 Å².